The average molecular weight is 1200 g/mol. The average Bonchev–Trinajstić information content (AvgIpc) is 3.38. The van der Waals surface area contributed by atoms with E-state index >= 15 is 0 Å². The normalized spacial score (nSPS) is 11.5. The van der Waals surface area contributed by atoms with Gasteiger partial charge in [-0.05, 0) is 25.7 Å². The Bertz CT molecular complexity index is 770. The minimum atomic E-state index is -1.91. The second-order valence-electron chi connectivity index (χ2n) is 22.2. The molecule has 0 amide bonds. The van der Waals surface area contributed by atoms with E-state index in [1.807, 2.05) is 0 Å². The molecule has 0 saturated carbocycles. The van der Waals surface area contributed by atoms with Crippen LogP contribution in [0, 0.1) is 0 Å². The molecule has 0 aromatic carbocycles. The molecule has 0 fully saturated rings. The van der Waals surface area contributed by atoms with E-state index in [2.05, 4.69) is 27.7 Å². The molecule has 0 spiro atoms. The van der Waals surface area contributed by atoms with E-state index in [1.54, 1.807) is 0 Å². The molecule has 0 radical (unpaired) electrons. The van der Waals surface area contributed by atoms with Crippen molar-refractivity contribution in [2.24, 2.45) is 0 Å². The number of hydrogen-bond acceptors (Lipinski definition) is 6. The monoisotopic (exact) mass is 1200 g/mol. The van der Waals surface area contributed by atoms with Gasteiger partial charge in [-0.2, -0.15) is 0 Å². The molecule has 0 aliphatic rings. The molecule has 0 saturated heterocycles. The summed E-state index contributed by atoms with van der Waals surface area (Å²) >= 11 is 0. The van der Waals surface area contributed by atoms with E-state index < -0.39 is 17.2 Å². The SMILES string of the molecule is CCCCCCCCCCCCCCCCOP([O-])OCCCCCCCCCCCCCCCC.CCCCCCCCCCCCCCCCOP([O-])OCCCCCCCCCCCCCCCC.[Ba+2]. The van der Waals surface area contributed by atoms with Gasteiger partial charge in [-0.25, -0.2) is 0 Å². The third-order valence-corrected chi connectivity index (χ3v) is 16.4. The minimum absolute atomic E-state index is 0. The van der Waals surface area contributed by atoms with Gasteiger partial charge < -0.3 is 27.9 Å². The van der Waals surface area contributed by atoms with E-state index in [9.17, 15) is 9.79 Å². The molecule has 73 heavy (non-hydrogen) atoms. The van der Waals surface area contributed by atoms with Crippen molar-refractivity contribution in [3.8, 4) is 0 Å². The van der Waals surface area contributed by atoms with Gasteiger partial charge in [0.25, 0.3) is 0 Å². The Kier molecular flexibility index (Phi) is 83.0. The summed E-state index contributed by atoms with van der Waals surface area (Å²) in [7, 11) is -3.83. The molecule has 0 heterocycles. The first kappa shape index (κ1) is 79.4. The number of unbranched alkanes of at least 4 members (excludes halogenated alkanes) is 52. The van der Waals surface area contributed by atoms with Crippen LogP contribution >= 0.6 is 17.2 Å². The fourth-order valence-electron chi connectivity index (χ4n) is 9.82. The quantitative estimate of drug-likeness (QED) is 0.0343. The Morgan fingerprint density at radius 2 is 0.274 bits per heavy atom. The topological polar surface area (TPSA) is 83.0 Å². The first-order chi connectivity index (χ1) is 35.6. The van der Waals surface area contributed by atoms with Gasteiger partial charge in [0.15, 0.2) is 0 Å². The predicted molar refractivity (Wildman–Crippen MR) is 325 cm³/mol. The Morgan fingerprint density at radius 3 is 0.384 bits per heavy atom. The van der Waals surface area contributed by atoms with Crippen molar-refractivity contribution in [1.29, 1.82) is 0 Å². The second kappa shape index (κ2) is 76.3. The van der Waals surface area contributed by atoms with Gasteiger partial charge in [0.2, 0.25) is 0 Å². The zero-order valence-electron chi connectivity index (χ0n) is 50.5. The molecular formula is C64H132BaO6P2. The first-order valence-electron chi connectivity index (χ1n) is 33.1. The van der Waals surface area contributed by atoms with Crippen LogP contribution in [-0.2, 0) is 18.1 Å². The Morgan fingerprint density at radius 1 is 0.178 bits per heavy atom. The molecule has 0 atom stereocenters. The van der Waals surface area contributed by atoms with Gasteiger partial charge in [-0.1, -0.05) is 362 Å². The molecule has 6 nitrogen and oxygen atoms in total. The minimum Gasteiger partial charge on any atom is -0.786 e. The van der Waals surface area contributed by atoms with Crippen molar-refractivity contribution in [1.82, 2.24) is 0 Å². The number of rotatable bonds is 64. The Hall–Kier alpha value is 2.19. The van der Waals surface area contributed by atoms with Crippen LogP contribution in [0.2, 0.25) is 0 Å². The summed E-state index contributed by atoms with van der Waals surface area (Å²) in [5.41, 5.74) is 0. The zero-order valence-corrected chi connectivity index (χ0v) is 56.7. The molecule has 0 aromatic rings. The molecule has 0 aliphatic carbocycles. The van der Waals surface area contributed by atoms with Gasteiger partial charge in [0, 0.05) is 0 Å². The van der Waals surface area contributed by atoms with Crippen LogP contribution < -0.4 is 9.79 Å². The van der Waals surface area contributed by atoms with Gasteiger partial charge in [0.05, 0.1) is 43.6 Å². The van der Waals surface area contributed by atoms with Crippen LogP contribution in [0.15, 0.2) is 0 Å². The molecule has 0 N–H and O–H groups in total. The van der Waals surface area contributed by atoms with Gasteiger partial charge in [0.1, 0.15) is 0 Å². The fraction of sp³-hybridized carbons (Fsp3) is 1.00. The maximum absolute atomic E-state index is 11.8. The third kappa shape index (κ3) is 78.5. The van der Waals surface area contributed by atoms with Crippen molar-refractivity contribution >= 4 is 66.1 Å². The van der Waals surface area contributed by atoms with Crippen LogP contribution in [0.25, 0.3) is 0 Å². The predicted octanol–water partition coefficient (Wildman–Crippen LogP) is 22.8. The standard InChI is InChI=1S/2C32H66O3P.Ba/c2*1-3-5-7-9-11-13-15-17-19-21-23-25-27-29-31-34-36(33)35-32-30-28-26-24-22-20-18-16-14-12-10-8-6-4-2;/h2*3-32H2,1-2H3;/q2*-1;+2. The van der Waals surface area contributed by atoms with E-state index in [0.29, 0.717) is 26.4 Å². The second-order valence-corrected chi connectivity index (χ2v) is 24.1. The Labute approximate surface area is 503 Å². The summed E-state index contributed by atoms with van der Waals surface area (Å²) in [6.45, 7) is 11.4. The van der Waals surface area contributed by atoms with E-state index in [-0.39, 0.29) is 48.9 Å². The van der Waals surface area contributed by atoms with Gasteiger partial charge >= 0.3 is 48.9 Å². The van der Waals surface area contributed by atoms with Crippen LogP contribution in [0.1, 0.15) is 387 Å². The molecule has 0 unspecified atom stereocenters. The van der Waals surface area contributed by atoms with Crippen LogP contribution in [0.4, 0.5) is 0 Å². The summed E-state index contributed by atoms with van der Waals surface area (Å²) in [5.74, 6) is 0. The molecule has 9 heteroatoms. The van der Waals surface area contributed by atoms with Gasteiger partial charge in [-0.3, -0.25) is 0 Å². The van der Waals surface area contributed by atoms with Crippen molar-refractivity contribution < 1.29 is 27.9 Å². The summed E-state index contributed by atoms with van der Waals surface area (Å²) < 4.78 is 21.4. The van der Waals surface area contributed by atoms with E-state index in [1.165, 1.54) is 334 Å². The first-order valence-corrected chi connectivity index (χ1v) is 35.3. The number of hydrogen-bond donors (Lipinski definition) is 0. The van der Waals surface area contributed by atoms with E-state index in [0.717, 1.165) is 25.7 Å². The molecule has 0 aromatic heterocycles. The molecule has 0 aliphatic heterocycles. The third-order valence-electron chi connectivity index (χ3n) is 14.8. The summed E-state index contributed by atoms with van der Waals surface area (Å²) in [5, 5.41) is 0. The van der Waals surface area contributed by atoms with Crippen LogP contribution in [0.5, 0.6) is 0 Å². The van der Waals surface area contributed by atoms with Crippen molar-refractivity contribution in [3.05, 3.63) is 0 Å². The van der Waals surface area contributed by atoms with Gasteiger partial charge in [-0.15, -0.1) is 0 Å². The van der Waals surface area contributed by atoms with Crippen molar-refractivity contribution in [2.45, 2.75) is 387 Å². The largest absolute Gasteiger partial charge is 2.00 e. The van der Waals surface area contributed by atoms with Crippen molar-refractivity contribution in [3.63, 3.8) is 0 Å². The van der Waals surface area contributed by atoms with Crippen LogP contribution in [-0.4, -0.2) is 75.3 Å². The fourth-order valence-corrected chi connectivity index (χ4v) is 11.1. The summed E-state index contributed by atoms with van der Waals surface area (Å²) in [6, 6.07) is 0. The summed E-state index contributed by atoms with van der Waals surface area (Å²) in [4.78, 5) is 23.6. The maximum Gasteiger partial charge on any atom is 2.00 e. The maximum atomic E-state index is 11.8. The molecule has 0 bridgehead atoms. The molecule has 436 valence electrons. The van der Waals surface area contributed by atoms with Crippen LogP contribution in [0.3, 0.4) is 0 Å². The Balaban J connectivity index is -0.00000132. The molecule has 0 rings (SSSR count). The van der Waals surface area contributed by atoms with E-state index in [4.69, 9.17) is 18.1 Å². The zero-order chi connectivity index (χ0) is 52.4. The van der Waals surface area contributed by atoms with Crippen molar-refractivity contribution in [2.75, 3.05) is 26.4 Å². The smallest absolute Gasteiger partial charge is 0.786 e. The summed E-state index contributed by atoms with van der Waals surface area (Å²) in [6.07, 6.45) is 75.5. The molecular weight excluding hydrogens is 1060 g/mol.